The van der Waals surface area contributed by atoms with Crippen LogP contribution in [0.4, 0.5) is 0 Å². The molecular formula is C14H19BO2Si. The zero-order chi connectivity index (χ0) is 13.4. The molecular weight excluding hydrogens is 239 g/mol. The van der Waals surface area contributed by atoms with Crippen molar-refractivity contribution in [1.82, 2.24) is 0 Å². The van der Waals surface area contributed by atoms with Crippen LogP contribution in [0.2, 0.25) is 0 Å². The number of benzene rings is 1. The lowest BCUT2D eigenvalue weighted by Crippen LogP contribution is -2.41. The van der Waals surface area contributed by atoms with Crippen molar-refractivity contribution in [3.8, 4) is 11.5 Å². The van der Waals surface area contributed by atoms with Crippen molar-refractivity contribution in [1.29, 1.82) is 0 Å². The van der Waals surface area contributed by atoms with E-state index in [2.05, 4.69) is 39.2 Å². The molecule has 0 atom stereocenters. The van der Waals surface area contributed by atoms with E-state index in [-0.39, 0.29) is 18.3 Å². The number of rotatable bonds is 1. The molecule has 0 saturated carbocycles. The zero-order valence-electron chi connectivity index (χ0n) is 11.7. The van der Waals surface area contributed by atoms with Crippen LogP contribution in [0.3, 0.4) is 0 Å². The Morgan fingerprint density at radius 3 is 1.94 bits per heavy atom. The van der Waals surface area contributed by atoms with Gasteiger partial charge in [-0.1, -0.05) is 18.1 Å². The van der Waals surface area contributed by atoms with E-state index in [9.17, 15) is 0 Å². The summed E-state index contributed by atoms with van der Waals surface area (Å²) in [5.74, 6) is 3.09. The molecule has 1 aliphatic heterocycles. The highest BCUT2D eigenvalue weighted by atomic mass is 28.1. The molecule has 94 valence electrons. The third kappa shape index (κ3) is 2.39. The van der Waals surface area contributed by atoms with Crippen LogP contribution in [0.1, 0.15) is 33.3 Å². The lowest BCUT2D eigenvalue weighted by Gasteiger charge is -2.32. The molecule has 0 aromatic heterocycles. The van der Waals surface area contributed by atoms with Crippen molar-refractivity contribution < 1.29 is 9.31 Å². The van der Waals surface area contributed by atoms with Gasteiger partial charge < -0.3 is 9.31 Å². The van der Waals surface area contributed by atoms with Crippen LogP contribution in [0.5, 0.6) is 0 Å². The molecule has 0 aliphatic carbocycles. The van der Waals surface area contributed by atoms with Crippen molar-refractivity contribution in [2.45, 2.75) is 38.9 Å². The van der Waals surface area contributed by atoms with Gasteiger partial charge in [-0.25, -0.2) is 0 Å². The van der Waals surface area contributed by atoms with E-state index in [1.165, 1.54) is 0 Å². The molecule has 0 spiro atoms. The van der Waals surface area contributed by atoms with Gasteiger partial charge in [0.1, 0.15) is 0 Å². The highest BCUT2D eigenvalue weighted by Gasteiger charge is 2.51. The first-order valence-electron chi connectivity index (χ1n) is 6.24. The lowest BCUT2D eigenvalue weighted by molar-refractivity contribution is 0.00578. The van der Waals surface area contributed by atoms with Gasteiger partial charge in [-0.3, -0.25) is 0 Å². The van der Waals surface area contributed by atoms with Gasteiger partial charge in [0, 0.05) is 5.56 Å². The fourth-order valence-electron chi connectivity index (χ4n) is 1.85. The summed E-state index contributed by atoms with van der Waals surface area (Å²) in [6.45, 7) is 8.26. The van der Waals surface area contributed by atoms with Crippen LogP contribution in [0.15, 0.2) is 24.3 Å². The topological polar surface area (TPSA) is 18.5 Å². The minimum absolute atomic E-state index is 0.284. The van der Waals surface area contributed by atoms with Gasteiger partial charge in [-0.05, 0) is 45.3 Å². The third-order valence-corrected chi connectivity index (χ3v) is 3.96. The monoisotopic (exact) mass is 258 g/mol. The Kier molecular flexibility index (Phi) is 3.41. The fourth-order valence-corrected chi connectivity index (χ4v) is 2.14. The van der Waals surface area contributed by atoms with Crippen molar-refractivity contribution in [2.24, 2.45) is 0 Å². The Morgan fingerprint density at radius 1 is 1.00 bits per heavy atom. The molecule has 0 N–H and O–H groups in total. The van der Waals surface area contributed by atoms with Crippen LogP contribution in [-0.2, 0) is 9.31 Å². The van der Waals surface area contributed by atoms with Crippen molar-refractivity contribution in [3.05, 3.63) is 29.8 Å². The van der Waals surface area contributed by atoms with Crippen LogP contribution >= 0.6 is 0 Å². The summed E-state index contributed by atoms with van der Waals surface area (Å²) in [6, 6.07) is 8.10. The van der Waals surface area contributed by atoms with Gasteiger partial charge in [0.2, 0.25) is 0 Å². The van der Waals surface area contributed by atoms with Gasteiger partial charge >= 0.3 is 7.12 Å². The second kappa shape index (κ2) is 4.58. The Hall–Kier alpha value is -1.02. The summed E-state index contributed by atoms with van der Waals surface area (Å²) in [5, 5.41) is 0. The molecule has 1 saturated heterocycles. The summed E-state index contributed by atoms with van der Waals surface area (Å²) in [7, 11) is 0.622. The molecule has 0 radical (unpaired) electrons. The Balaban J connectivity index is 2.21. The van der Waals surface area contributed by atoms with E-state index in [0.717, 1.165) is 21.3 Å². The summed E-state index contributed by atoms with van der Waals surface area (Å²) < 4.78 is 12.0. The van der Waals surface area contributed by atoms with Gasteiger partial charge in [0.25, 0.3) is 0 Å². The molecule has 1 aliphatic rings. The van der Waals surface area contributed by atoms with Crippen molar-refractivity contribution in [2.75, 3.05) is 0 Å². The number of hydrogen-bond acceptors (Lipinski definition) is 2. The smallest absolute Gasteiger partial charge is 0.399 e. The average molecular weight is 258 g/mol. The summed E-state index contributed by atoms with van der Waals surface area (Å²) in [6.07, 6.45) is 0. The minimum atomic E-state index is -0.287. The first-order valence-corrected chi connectivity index (χ1v) is 7.24. The van der Waals surface area contributed by atoms with Gasteiger partial charge in [0.15, 0.2) is 0 Å². The average Bonchev–Trinajstić information content (AvgIpc) is 2.50. The van der Waals surface area contributed by atoms with Crippen LogP contribution in [0, 0.1) is 11.5 Å². The Bertz CT molecular complexity index is 481. The van der Waals surface area contributed by atoms with E-state index >= 15 is 0 Å². The Labute approximate surface area is 113 Å². The molecule has 1 heterocycles. The quantitative estimate of drug-likeness (QED) is 0.544. The maximum Gasteiger partial charge on any atom is 0.494 e. The number of hydrogen-bond donors (Lipinski definition) is 0. The SMILES string of the molecule is CC1(C)OB(c2ccc(C#C[SiH3])cc2)OC1(C)C. The van der Waals surface area contributed by atoms with Gasteiger partial charge in [-0.2, -0.15) is 0 Å². The molecule has 2 rings (SSSR count). The van der Waals surface area contributed by atoms with Gasteiger partial charge in [-0.15, -0.1) is 5.54 Å². The van der Waals surface area contributed by atoms with E-state index < -0.39 is 0 Å². The largest absolute Gasteiger partial charge is 0.494 e. The molecule has 0 bridgehead atoms. The fraction of sp³-hybridized carbons (Fsp3) is 0.429. The standard InChI is InChI=1S/C14H19BO2Si/c1-13(2)14(3,4)17-15(16-13)12-7-5-11(6-8-12)9-10-18/h5-8H,1-4,18H3. The van der Waals surface area contributed by atoms with Crippen LogP contribution < -0.4 is 5.46 Å². The molecule has 1 fully saturated rings. The first-order chi connectivity index (χ1) is 8.36. The maximum atomic E-state index is 6.00. The minimum Gasteiger partial charge on any atom is -0.399 e. The summed E-state index contributed by atoms with van der Waals surface area (Å²) >= 11 is 0. The second-order valence-corrected chi connectivity index (χ2v) is 6.09. The predicted octanol–water partition coefficient (Wildman–Crippen LogP) is 0.660. The highest BCUT2D eigenvalue weighted by molar-refractivity contribution is 6.62. The third-order valence-electron chi connectivity index (χ3n) is 3.71. The van der Waals surface area contributed by atoms with E-state index in [1.807, 2.05) is 24.3 Å². The van der Waals surface area contributed by atoms with E-state index in [4.69, 9.17) is 9.31 Å². The summed E-state index contributed by atoms with van der Waals surface area (Å²) in [5.41, 5.74) is 4.55. The molecule has 1 aromatic rings. The Morgan fingerprint density at radius 2 is 1.50 bits per heavy atom. The van der Waals surface area contributed by atoms with Gasteiger partial charge in [0.05, 0.1) is 21.4 Å². The summed E-state index contributed by atoms with van der Waals surface area (Å²) in [4.78, 5) is 0. The zero-order valence-corrected chi connectivity index (χ0v) is 13.7. The maximum absolute atomic E-state index is 6.00. The van der Waals surface area contributed by atoms with Crippen LogP contribution in [-0.4, -0.2) is 28.6 Å². The molecule has 0 amide bonds. The highest BCUT2D eigenvalue weighted by Crippen LogP contribution is 2.36. The molecule has 0 unspecified atom stereocenters. The predicted molar refractivity (Wildman–Crippen MR) is 79.0 cm³/mol. The van der Waals surface area contributed by atoms with E-state index in [1.54, 1.807) is 0 Å². The molecule has 1 aromatic carbocycles. The first kappa shape index (κ1) is 13.4. The molecule has 18 heavy (non-hydrogen) atoms. The molecule has 2 nitrogen and oxygen atoms in total. The second-order valence-electron chi connectivity index (χ2n) is 5.59. The lowest BCUT2D eigenvalue weighted by atomic mass is 9.79. The van der Waals surface area contributed by atoms with Crippen LogP contribution in [0.25, 0.3) is 0 Å². The normalized spacial score (nSPS) is 20.6. The van der Waals surface area contributed by atoms with Crippen molar-refractivity contribution >= 4 is 22.8 Å². The van der Waals surface area contributed by atoms with E-state index in [0.29, 0.717) is 0 Å². The van der Waals surface area contributed by atoms with Crippen molar-refractivity contribution in [3.63, 3.8) is 0 Å². The molecule has 4 heteroatoms.